The molecule has 5 rings (SSSR count). The van der Waals surface area contributed by atoms with Gasteiger partial charge in [-0.15, -0.1) is 0 Å². The van der Waals surface area contributed by atoms with E-state index in [1.807, 2.05) is 0 Å². The van der Waals surface area contributed by atoms with Gasteiger partial charge in [0, 0.05) is 27.6 Å². The van der Waals surface area contributed by atoms with Crippen LogP contribution < -0.4 is 0 Å². The van der Waals surface area contributed by atoms with E-state index in [9.17, 15) is 4.11 Å². The van der Waals surface area contributed by atoms with E-state index in [0.717, 1.165) is 129 Å². The second-order valence-corrected chi connectivity index (χ2v) is 10.5. The summed E-state index contributed by atoms with van der Waals surface area (Å²) in [4.78, 5) is 16.1. The predicted octanol–water partition coefficient (Wildman–Crippen LogP) is 9.63. The van der Waals surface area contributed by atoms with Crippen LogP contribution in [0.25, 0.3) is 44.2 Å². The Labute approximate surface area is 237 Å². The summed E-state index contributed by atoms with van der Waals surface area (Å²) in [5.41, 5.74) is 15.6. The van der Waals surface area contributed by atoms with Gasteiger partial charge in [0.2, 0.25) is 0 Å². The van der Waals surface area contributed by atoms with Gasteiger partial charge in [0.1, 0.15) is 0 Å². The standard InChI is InChI=1S/C35H46N4/c1-9-20-22(11-3)30-18-32-24(13-5)26(15-7)34(38-32)35-27(16-8)25(14-6)33(39-35)19-31-23(12-4)21(10-2)29(37-31)17-28(20)36-30/h17-19,36-38H,9-16H2,1-8H3/i17D,18D,19D. The molecule has 0 saturated heterocycles. The van der Waals surface area contributed by atoms with Crippen LogP contribution in [0.1, 0.15) is 117 Å². The predicted molar refractivity (Wildman–Crippen MR) is 170 cm³/mol. The minimum Gasteiger partial charge on any atom is -0.355 e. The molecule has 5 heterocycles. The van der Waals surface area contributed by atoms with E-state index in [-0.39, 0.29) is 0 Å². The number of H-pyrrole nitrogens is 3. The normalized spacial score (nSPS) is 13.9. The van der Waals surface area contributed by atoms with Crippen molar-refractivity contribution in [1.29, 1.82) is 0 Å². The highest BCUT2D eigenvalue weighted by Crippen LogP contribution is 2.39. The minimum atomic E-state index is 0.402. The van der Waals surface area contributed by atoms with E-state index < -0.39 is 0 Å². The third-order valence-corrected chi connectivity index (χ3v) is 8.62. The summed E-state index contributed by atoms with van der Waals surface area (Å²) in [6.45, 7) is 17.2. The van der Waals surface area contributed by atoms with Crippen molar-refractivity contribution in [3.8, 4) is 0 Å². The Kier molecular flexibility index (Phi) is 6.70. The van der Waals surface area contributed by atoms with Crippen LogP contribution in [-0.2, 0) is 38.5 Å². The zero-order valence-corrected chi connectivity index (χ0v) is 25.1. The fourth-order valence-corrected chi connectivity index (χ4v) is 6.78. The molecule has 0 amide bonds. The molecule has 0 aromatic carbocycles. The van der Waals surface area contributed by atoms with E-state index in [1.54, 1.807) is 0 Å². The maximum Gasteiger partial charge on any atom is 0.0910 e. The first kappa shape index (κ1) is 23.6. The van der Waals surface area contributed by atoms with Crippen molar-refractivity contribution in [2.45, 2.75) is 107 Å². The molecule has 0 fully saturated rings. The first-order valence-electron chi connectivity index (χ1n) is 16.7. The van der Waals surface area contributed by atoms with Crippen molar-refractivity contribution >= 4 is 44.2 Å². The van der Waals surface area contributed by atoms with Gasteiger partial charge in [0.25, 0.3) is 0 Å². The molecule has 0 spiro atoms. The molecule has 0 atom stereocenters. The van der Waals surface area contributed by atoms with Crippen LogP contribution in [0.15, 0.2) is 18.1 Å². The SMILES string of the molecule is [2H]c1c2nc(c3[nH]c(c(CC)c3CC)c([2H])c3[nH]c(c(CC)c3CC)c([2H])c3[nH]c1c(CC)c3CC)C(CC)=C2CC. The maximum atomic E-state index is 9.58. The highest BCUT2D eigenvalue weighted by molar-refractivity contribution is 5.98. The summed E-state index contributed by atoms with van der Waals surface area (Å²) < 4.78 is 28.7. The number of aromatic amines is 3. The number of fused-ring (bicyclic) bond motifs is 9. The van der Waals surface area contributed by atoms with Crippen LogP contribution in [0.3, 0.4) is 0 Å². The van der Waals surface area contributed by atoms with Gasteiger partial charge in [0.05, 0.1) is 21.0 Å². The average molecular weight is 526 g/mol. The Morgan fingerprint density at radius 2 is 0.872 bits per heavy atom. The van der Waals surface area contributed by atoms with Crippen LogP contribution >= 0.6 is 0 Å². The number of rotatable bonds is 8. The van der Waals surface area contributed by atoms with Crippen molar-refractivity contribution in [2.24, 2.45) is 0 Å². The third kappa shape index (κ3) is 4.33. The van der Waals surface area contributed by atoms with E-state index in [0.29, 0.717) is 18.1 Å². The molecule has 1 aliphatic rings. The van der Waals surface area contributed by atoms with Gasteiger partial charge in [-0.2, -0.15) is 0 Å². The summed E-state index contributed by atoms with van der Waals surface area (Å²) in [5, 5.41) is 0. The molecule has 4 aromatic rings. The quantitative estimate of drug-likeness (QED) is 0.211. The molecule has 0 unspecified atom stereocenters. The van der Waals surface area contributed by atoms with Crippen LogP contribution in [0.2, 0.25) is 0 Å². The third-order valence-electron chi connectivity index (χ3n) is 8.62. The maximum absolute atomic E-state index is 9.58. The van der Waals surface area contributed by atoms with Gasteiger partial charge < -0.3 is 15.0 Å². The Balaban J connectivity index is 2.22. The summed E-state index contributed by atoms with van der Waals surface area (Å²) in [7, 11) is 0. The molecular weight excluding hydrogens is 476 g/mol. The second kappa shape index (κ2) is 11.1. The zero-order chi connectivity index (χ0) is 30.5. The molecule has 3 N–H and O–H groups in total. The number of aryl methyl sites for hydroxylation is 6. The van der Waals surface area contributed by atoms with Crippen LogP contribution in [0.5, 0.6) is 0 Å². The summed E-state index contributed by atoms with van der Waals surface area (Å²) in [5.74, 6) is 0. The Morgan fingerprint density at radius 3 is 1.28 bits per heavy atom. The molecule has 4 nitrogen and oxygen atoms in total. The molecule has 8 bridgehead atoms. The highest BCUT2D eigenvalue weighted by atomic mass is 14.8. The number of allylic oxidation sites excluding steroid dienone is 2. The van der Waals surface area contributed by atoms with E-state index in [1.165, 1.54) is 11.1 Å². The first-order chi connectivity index (χ1) is 20.3. The Hall–Kier alpha value is -3.27. The fourth-order valence-electron chi connectivity index (χ4n) is 6.78. The summed E-state index contributed by atoms with van der Waals surface area (Å²) in [6.07, 6.45) is 6.30. The number of hydrogen-bond donors (Lipinski definition) is 3. The smallest absolute Gasteiger partial charge is 0.0910 e. The molecule has 0 aliphatic carbocycles. The average Bonchev–Trinajstić information content (AvgIpc) is 3.77. The van der Waals surface area contributed by atoms with Crippen molar-refractivity contribution in [1.82, 2.24) is 19.9 Å². The Morgan fingerprint density at radius 1 is 0.487 bits per heavy atom. The molecule has 39 heavy (non-hydrogen) atoms. The summed E-state index contributed by atoms with van der Waals surface area (Å²) >= 11 is 0. The topological polar surface area (TPSA) is 60.3 Å². The lowest BCUT2D eigenvalue weighted by Crippen LogP contribution is -1.89. The lowest BCUT2D eigenvalue weighted by molar-refractivity contribution is 1.07. The van der Waals surface area contributed by atoms with Gasteiger partial charge in [0.15, 0.2) is 0 Å². The highest BCUT2D eigenvalue weighted by Gasteiger charge is 2.23. The second-order valence-electron chi connectivity index (χ2n) is 10.5. The number of aromatic nitrogens is 4. The molecule has 4 aromatic heterocycles. The molecule has 1 aliphatic heterocycles. The van der Waals surface area contributed by atoms with Gasteiger partial charge in [-0.25, -0.2) is 4.98 Å². The van der Waals surface area contributed by atoms with Crippen molar-refractivity contribution < 1.29 is 4.11 Å². The van der Waals surface area contributed by atoms with E-state index >= 15 is 0 Å². The monoisotopic (exact) mass is 525 g/mol. The van der Waals surface area contributed by atoms with Gasteiger partial charge >= 0.3 is 0 Å². The van der Waals surface area contributed by atoms with E-state index in [2.05, 4.69) is 70.3 Å². The first-order valence-corrected chi connectivity index (χ1v) is 15.2. The lowest BCUT2D eigenvalue weighted by atomic mass is 9.98. The molecule has 0 saturated carbocycles. The van der Waals surface area contributed by atoms with Crippen LogP contribution in [0, 0.1) is 0 Å². The van der Waals surface area contributed by atoms with Crippen molar-refractivity contribution in [2.75, 3.05) is 0 Å². The van der Waals surface area contributed by atoms with Crippen molar-refractivity contribution in [3.63, 3.8) is 0 Å². The van der Waals surface area contributed by atoms with Gasteiger partial charge in [-0.05, 0) is 114 Å². The van der Waals surface area contributed by atoms with Crippen molar-refractivity contribution in [3.05, 3.63) is 62.9 Å². The minimum absolute atomic E-state index is 0.402. The number of nitrogens with zero attached hydrogens (tertiary/aromatic N) is 1. The van der Waals surface area contributed by atoms with Crippen LogP contribution in [-0.4, -0.2) is 19.9 Å². The molecule has 4 heteroatoms. The summed E-state index contributed by atoms with van der Waals surface area (Å²) in [6, 6.07) is 1.25. The molecular formula is C35H46N4. The van der Waals surface area contributed by atoms with E-state index in [4.69, 9.17) is 4.98 Å². The van der Waals surface area contributed by atoms with Gasteiger partial charge in [-0.3, -0.25) is 0 Å². The molecule has 206 valence electrons. The zero-order valence-electron chi connectivity index (χ0n) is 28.1. The number of hydrogen-bond acceptors (Lipinski definition) is 1. The van der Waals surface area contributed by atoms with Gasteiger partial charge in [-0.1, -0.05) is 55.4 Å². The number of nitrogens with one attached hydrogen (secondary N) is 3. The lowest BCUT2D eigenvalue weighted by Gasteiger charge is -2.05. The Bertz CT molecular complexity index is 1850. The fraction of sp³-hybridized carbons (Fsp3) is 0.457. The van der Waals surface area contributed by atoms with Crippen LogP contribution in [0.4, 0.5) is 0 Å². The largest absolute Gasteiger partial charge is 0.355 e. The molecule has 0 radical (unpaired) electrons.